The van der Waals surface area contributed by atoms with Gasteiger partial charge in [-0.15, -0.1) is 0 Å². The lowest BCUT2D eigenvalue weighted by molar-refractivity contribution is -0.147. The van der Waals surface area contributed by atoms with Crippen LogP contribution in [-0.4, -0.2) is 35.5 Å². The molecule has 1 aromatic carbocycles. The van der Waals surface area contributed by atoms with Crippen LogP contribution in [-0.2, 0) is 20.7 Å². The Morgan fingerprint density at radius 3 is 2.75 bits per heavy atom. The standard InChI is InChI=1S/C17H21N3O4/c1-3-11(2)19-17(23)20-15(21)10-24-16(22)8-12-9-18-14-7-5-4-6-13(12)14/h4-7,9,11,18H,3,8,10H2,1-2H3,(H2,19,20,21,23)/t11-/m1/s1. The molecular formula is C17H21N3O4. The first-order valence-corrected chi connectivity index (χ1v) is 7.80. The molecule has 0 radical (unpaired) electrons. The van der Waals surface area contributed by atoms with E-state index in [4.69, 9.17) is 4.74 Å². The molecule has 0 unspecified atom stereocenters. The normalized spacial score (nSPS) is 11.8. The number of hydrogen-bond acceptors (Lipinski definition) is 4. The number of fused-ring (bicyclic) bond motifs is 1. The van der Waals surface area contributed by atoms with Gasteiger partial charge in [0, 0.05) is 23.1 Å². The van der Waals surface area contributed by atoms with Gasteiger partial charge in [0.25, 0.3) is 5.91 Å². The lowest BCUT2D eigenvalue weighted by atomic mass is 10.1. The molecule has 0 bridgehead atoms. The summed E-state index contributed by atoms with van der Waals surface area (Å²) < 4.78 is 4.91. The Morgan fingerprint density at radius 1 is 1.25 bits per heavy atom. The molecule has 128 valence electrons. The molecule has 24 heavy (non-hydrogen) atoms. The zero-order valence-corrected chi connectivity index (χ0v) is 13.7. The minimum absolute atomic E-state index is 0.0396. The Kier molecular flexibility index (Phi) is 5.95. The van der Waals surface area contributed by atoms with Crippen molar-refractivity contribution in [3.8, 4) is 0 Å². The lowest BCUT2D eigenvalue weighted by Gasteiger charge is -2.11. The lowest BCUT2D eigenvalue weighted by Crippen LogP contribution is -2.44. The molecule has 0 fully saturated rings. The number of amides is 3. The molecule has 3 amide bonds. The summed E-state index contributed by atoms with van der Waals surface area (Å²) in [7, 11) is 0. The number of imide groups is 1. The van der Waals surface area contributed by atoms with Crippen LogP contribution in [0.25, 0.3) is 10.9 Å². The van der Waals surface area contributed by atoms with E-state index in [1.807, 2.05) is 38.1 Å². The van der Waals surface area contributed by atoms with E-state index in [9.17, 15) is 14.4 Å². The van der Waals surface area contributed by atoms with Crippen molar-refractivity contribution in [3.63, 3.8) is 0 Å². The molecule has 1 aromatic heterocycles. The van der Waals surface area contributed by atoms with Gasteiger partial charge < -0.3 is 15.0 Å². The summed E-state index contributed by atoms with van der Waals surface area (Å²) in [4.78, 5) is 38.0. The molecule has 7 heteroatoms. The highest BCUT2D eigenvalue weighted by molar-refractivity contribution is 5.96. The predicted octanol–water partition coefficient (Wildman–Crippen LogP) is 1.88. The Hall–Kier alpha value is -2.83. The maximum Gasteiger partial charge on any atom is 0.321 e. The van der Waals surface area contributed by atoms with Gasteiger partial charge in [-0.2, -0.15) is 0 Å². The highest BCUT2D eigenvalue weighted by Gasteiger charge is 2.14. The third kappa shape index (κ3) is 4.84. The van der Waals surface area contributed by atoms with Gasteiger partial charge in [-0.3, -0.25) is 14.9 Å². The van der Waals surface area contributed by atoms with E-state index in [0.29, 0.717) is 0 Å². The van der Waals surface area contributed by atoms with E-state index in [2.05, 4.69) is 15.6 Å². The molecule has 1 atom stereocenters. The molecule has 0 aliphatic carbocycles. The first-order chi connectivity index (χ1) is 11.5. The van der Waals surface area contributed by atoms with Crippen LogP contribution in [0, 0.1) is 0 Å². The number of carbonyl (C=O) groups excluding carboxylic acids is 3. The maximum absolute atomic E-state index is 11.9. The van der Waals surface area contributed by atoms with Gasteiger partial charge in [0.05, 0.1) is 6.42 Å². The van der Waals surface area contributed by atoms with E-state index < -0.39 is 24.5 Å². The zero-order valence-electron chi connectivity index (χ0n) is 13.7. The van der Waals surface area contributed by atoms with Crippen molar-refractivity contribution in [3.05, 3.63) is 36.0 Å². The molecule has 0 aliphatic heterocycles. The third-order valence-electron chi connectivity index (χ3n) is 3.62. The number of hydrogen-bond donors (Lipinski definition) is 3. The summed E-state index contributed by atoms with van der Waals surface area (Å²) >= 11 is 0. The largest absolute Gasteiger partial charge is 0.455 e. The number of nitrogens with one attached hydrogen (secondary N) is 3. The summed E-state index contributed by atoms with van der Waals surface area (Å²) in [5.41, 5.74) is 1.73. The fourth-order valence-corrected chi connectivity index (χ4v) is 2.16. The summed E-state index contributed by atoms with van der Waals surface area (Å²) in [6.07, 6.45) is 2.54. The minimum Gasteiger partial charge on any atom is -0.455 e. The second-order valence-electron chi connectivity index (χ2n) is 5.53. The number of aromatic nitrogens is 1. The van der Waals surface area contributed by atoms with Crippen molar-refractivity contribution in [2.24, 2.45) is 0 Å². The van der Waals surface area contributed by atoms with Crippen LogP contribution >= 0.6 is 0 Å². The topological polar surface area (TPSA) is 100 Å². The van der Waals surface area contributed by atoms with E-state index >= 15 is 0 Å². The number of para-hydroxylation sites is 1. The van der Waals surface area contributed by atoms with Crippen molar-refractivity contribution in [1.82, 2.24) is 15.6 Å². The molecular weight excluding hydrogens is 310 g/mol. The van der Waals surface area contributed by atoms with Crippen molar-refractivity contribution in [1.29, 1.82) is 0 Å². The molecule has 0 spiro atoms. The number of esters is 1. The van der Waals surface area contributed by atoms with Crippen LogP contribution in [0.3, 0.4) is 0 Å². The number of carbonyl (C=O) groups is 3. The van der Waals surface area contributed by atoms with Crippen molar-refractivity contribution >= 4 is 28.8 Å². The fraction of sp³-hybridized carbons (Fsp3) is 0.353. The molecule has 0 aliphatic rings. The van der Waals surface area contributed by atoms with Gasteiger partial charge in [-0.1, -0.05) is 25.1 Å². The van der Waals surface area contributed by atoms with Crippen molar-refractivity contribution in [2.45, 2.75) is 32.7 Å². The monoisotopic (exact) mass is 331 g/mol. The van der Waals surface area contributed by atoms with Gasteiger partial charge in [-0.05, 0) is 25.0 Å². The molecule has 3 N–H and O–H groups in total. The van der Waals surface area contributed by atoms with Crippen LogP contribution in [0.5, 0.6) is 0 Å². The van der Waals surface area contributed by atoms with Gasteiger partial charge >= 0.3 is 12.0 Å². The molecule has 0 saturated carbocycles. The van der Waals surface area contributed by atoms with Crippen molar-refractivity contribution < 1.29 is 19.1 Å². The van der Waals surface area contributed by atoms with Crippen LogP contribution < -0.4 is 10.6 Å². The van der Waals surface area contributed by atoms with Gasteiger partial charge in [-0.25, -0.2) is 4.79 Å². The summed E-state index contributed by atoms with van der Waals surface area (Å²) in [6, 6.07) is 6.96. The number of rotatable bonds is 6. The second kappa shape index (κ2) is 8.14. The van der Waals surface area contributed by atoms with E-state index in [-0.39, 0.29) is 12.5 Å². The Morgan fingerprint density at radius 2 is 2.00 bits per heavy atom. The first kappa shape index (κ1) is 17.5. The fourth-order valence-electron chi connectivity index (χ4n) is 2.16. The average molecular weight is 331 g/mol. The molecule has 0 saturated heterocycles. The Balaban J connectivity index is 1.78. The third-order valence-corrected chi connectivity index (χ3v) is 3.62. The van der Waals surface area contributed by atoms with Gasteiger partial charge in [0.15, 0.2) is 6.61 Å². The highest BCUT2D eigenvalue weighted by Crippen LogP contribution is 2.18. The number of benzene rings is 1. The molecule has 7 nitrogen and oxygen atoms in total. The predicted molar refractivity (Wildman–Crippen MR) is 89.4 cm³/mol. The van der Waals surface area contributed by atoms with Gasteiger partial charge in [0.2, 0.25) is 0 Å². The Labute approximate surface area is 139 Å². The second-order valence-corrected chi connectivity index (χ2v) is 5.53. The molecule has 2 rings (SSSR count). The smallest absolute Gasteiger partial charge is 0.321 e. The quantitative estimate of drug-likeness (QED) is 0.704. The summed E-state index contributed by atoms with van der Waals surface area (Å²) in [5, 5.41) is 5.64. The first-order valence-electron chi connectivity index (χ1n) is 7.80. The molecule has 2 aromatic rings. The molecule has 1 heterocycles. The SMILES string of the molecule is CC[C@@H](C)NC(=O)NC(=O)COC(=O)Cc1c[nH]c2ccccc12. The van der Waals surface area contributed by atoms with Crippen LogP contribution in [0.1, 0.15) is 25.8 Å². The maximum atomic E-state index is 11.9. The summed E-state index contributed by atoms with van der Waals surface area (Å²) in [6.45, 7) is 3.25. The summed E-state index contributed by atoms with van der Waals surface area (Å²) in [5.74, 6) is -1.19. The average Bonchev–Trinajstić information content (AvgIpc) is 2.96. The number of ether oxygens (including phenoxy) is 1. The number of aromatic amines is 1. The van der Waals surface area contributed by atoms with Crippen LogP contribution in [0.15, 0.2) is 30.5 Å². The highest BCUT2D eigenvalue weighted by atomic mass is 16.5. The Bertz CT molecular complexity index is 738. The van der Waals surface area contributed by atoms with E-state index in [1.54, 1.807) is 6.20 Å². The van der Waals surface area contributed by atoms with E-state index in [1.165, 1.54) is 0 Å². The van der Waals surface area contributed by atoms with Gasteiger partial charge in [0.1, 0.15) is 0 Å². The number of H-pyrrole nitrogens is 1. The zero-order chi connectivity index (χ0) is 17.5. The number of urea groups is 1. The van der Waals surface area contributed by atoms with Crippen LogP contribution in [0.4, 0.5) is 4.79 Å². The van der Waals surface area contributed by atoms with E-state index in [0.717, 1.165) is 22.9 Å². The van der Waals surface area contributed by atoms with Crippen molar-refractivity contribution in [2.75, 3.05) is 6.61 Å². The van der Waals surface area contributed by atoms with Crippen LogP contribution in [0.2, 0.25) is 0 Å². The minimum atomic E-state index is -0.664.